The lowest BCUT2D eigenvalue weighted by Gasteiger charge is -2.16. The molecule has 0 aliphatic heterocycles. The number of nitrogens with zero attached hydrogens (tertiary/aromatic N) is 4. The van der Waals surface area contributed by atoms with Crippen molar-refractivity contribution in [1.29, 1.82) is 0 Å². The monoisotopic (exact) mass is 250 g/mol. The minimum Gasteiger partial charge on any atom is -0.481 e. The van der Waals surface area contributed by atoms with Crippen molar-refractivity contribution in [2.75, 3.05) is 0 Å². The Kier molecular flexibility index (Phi) is 3.14. The van der Waals surface area contributed by atoms with Crippen molar-refractivity contribution in [3.8, 4) is 11.6 Å². The standard InChI is InChI=1S/C11H14N4O3/c1-6-4-5-18-9(6)10-12-13-14-15(10)8(3)7(2)11(16)17/h4-5,7-8H,1-3H3,(H,16,17). The molecule has 2 aromatic heterocycles. The summed E-state index contributed by atoms with van der Waals surface area (Å²) in [6.45, 7) is 5.26. The molecule has 0 aromatic carbocycles. The molecule has 0 saturated carbocycles. The van der Waals surface area contributed by atoms with Gasteiger partial charge in [0.05, 0.1) is 18.2 Å². The van der Waals surface area contributed by atoms with Gasteiger partial charge < -0.3 is 9.52 Å². The maximum atomic E-state index is 11.0. The van der Waals surface area contributed by atoms with Gasteiger partial charge in [0.15, 0.2) is 5.76 Å². The van der Waals surface area contributed by atoms with Gasteiger partial charge in [-0.25, -0.2) is 4.68 Å². The first kappa shape index (κ1) is 12.3. The summed E-state index contributed by atoms with van der Waals surface area (Å²) in [6.07, 6.45) is 1.55. The molecule has 2 atom stereocenters. The van der Waals surface area contributed by atoms with E-state index in [9.17, 15) is 4.79 Å². The number of aryl methyl sites for hydroxylation is 1. The fraction of sp³-hybridized carbons (Fsp3) is 0.455. The fourth-order valence-electron chi connectivity index (χ4n) is 1.64. The maximum absolute atomic E-state index is 11.0. The van der Waals surface area contributed by atoms with Crippen LogP contribution in [0.4, 0.5) is 0 Å². The Morgan fingerprint density at radius 1 is 1.50 bits per heavy atom. The summed E-state index contributed by atoms with van der Waals surface area (Å²) in [7, 11) is 0. The molecule has 2 rings (SSSR count). The van der Waals surface area contributed by atoms with Crippen molar-refractivity contribution in [1.82, 2.24) is 20.2 Å². The highest BCUT2D eigenvalue weighted by Crippen LogP contribution is 2.26. The van der Waals surface area contributed by atoms with Crippen LogP contribution in [0.5, 0.6) is 0 Å². The molecule has 0 aliphatic carbocycles. The number of tetrazole rings is 1. The normalized spacial score (nSPS) is 14.4. The van der Waals surface area contributed by atoms with E-state index in [1.807, 2.05) is 6.92 Å². The van der Waals surface area contributed by atoms with Gasteiger partial charge in [-0.05, 0) is 42.8 Å². The van der Waals surface area contributed by atoms with Crippen LogP contribution in [0.25, 0.3) is 11.6 Å². The van der Waals surface area contributed by atoms with E-state index in [-0.39, 0.29) is 6.04 Å². The molecule has 96 valence electrons. The summed E-state index contributed by atoms with van der Waals surface area (Å²) in [6, 6.07) is 1.44. The van der Waals surface area contributed by atoms with E-state index in [1.165, 1.54) is 4.68 Å². The highest BCUT2D eigenvalue weighted by atomic mass is 16.4. The number of hydrogen-bond donors (Lipinski definition) is 1. The zero-order valence-corrected chi connectivity index (χ0v) is 10.4. The van der Waals surface area contributed by atoms with Gasteiger partial charge in [0.25, 0.3) is 0 Å². The average Bonchev–Trinajstić information content (AvgIpc) is 2.94. The third-order valence-corrected chi connectivity index (χ3v) is 3.06. The summed E-state index contributed by atoms with van der Waals surface area (Å²) in [4.78, 5) is 11.0. The summed E-state index contributed by atoms with van der Waals surface area (Å²) in [5, 5.41) is 20.4. The lowest BCUT2D eigenvalue weighted by Crippen LogP contribution is -2.23. The van der Waals surface area contributed by atoms with Crippen molar-refractivity contribution in [2.24, 2.45) is 5.92 Å². The van der Waals surface area contributed by atoms with E-state index < -0.39 is 11.9 Å². The Bertz CT molecular complexity index is 560. The van der Waals surface area contributed by atoms with Gasteiger partial charge in [-0.2, -0.15) is 0 Å². The number of carboxylic acids is 1. The van der Waals surface area contributed by atoms with Crippen molar-refractivity contribution < 1.29 is 14.3 Å². The molecule has 0 aliphatic rings. The molecule has 7 heteroatoms. The van der Waals surface area contributed by atoms with E-state index in [0.29, 0.717) is 11.6 Å². The van der Waals surface area contributed by atoms with E-state index in [4.69, 9.17) is 9.52 Å². The van der Waals surface area contributed by atoms with E-state index in [1.54, 1.807) is 26.2 Å². The Morgan fingerprint density at radius 3 is 2.78 bits per heavy atom. The Hall–Kier alpha value is -2.18. The van der Waals surface area contributed by atoms with Crippen LogP contribution < -0.4 is 0 Å². The van der Waals surface area contributed by atoms with Crippen molar-refractivity contribution >= 4 is 5.97 Å². The quantitative estimate of drug-likeness (QED) is 0.884. The maximum Gasteiger partial charge on any atom is 0.308 e. The molecule has 0 saturated heterocycles. The number of rotatable bonds is 4. The molecule has 0 amide bonds. The van der Waals surface area contributed by atoms with Crippen LogP contribution in [0.15, 0.2) is 16.7 Å². The molecule has 1 N–H and O–H groups in total. The lowest BCUT2D eigenvalue weighted by atomic mass is 10.0. The van der Waals surface area contributed by atoms with E-state index in [0.717, 1.165) is 5.56 Å². The largest absolute Gasteiger partial charge is 0.481 e. The first-order valence-electron chi connectivity index (χ1n) is 5.57. The molecule has 2 aromatic rings. The Morgan fingerprint density at radius 2 is 2.22 bits per heavy atom. The second kappa shape index (κ2) is 4.59. The fourth-order valence-corrected chi connectivity index (χ4v) is 1.64. The average molecular weight is 250 g/mol. The van der Waals surface area contributed by atoms with Gasteiger partial charge >= 0.3 is 5.97 Å². The van der Waals surface area contributed by atoms with Crippen LogP contribution in [-0.4, -0.2) is 31.3 Å². The van der Waals surface area contributed by atoms with Crippen LogP contribution in [0, 0.1) is 12.8 Å². The molecule has 2 unspecified atom stereocenters. The number of aliphatic carboxylic acids is 1. The number of aromatic nitrogens is 4. The first-order valence-corrected chi connectivity index (χ1v) is 5.57. The van der Waals surface area contributed by atoms with Gasteiger partial charge in [-0.1, -0.05) is 0 Å². The lowest BCUT2D eigenvalue weighted by molar-refractivity contribution is -0.142. The second-order valence-corrected chi connectivity index (χ2v) is 4.25. The van der Waals surface area contributed by atoms with Gasteiger partial charge in [-0.15, -0.1) is 5.10 Å². The minimum absolute atomic E-state index is 0.364. The summed E-state index contributed by atoms with van der Waals surface area (Å²) in [5.41, 5.74) is 0.904. The molecular formula is C11H14N4O3. The Labute approximate surface area is 103 Å². The topological polar surface area (TPSA) is 94.0 Å². The molecule has 7 nitrogen and oxygen atoms in total. The van der Waals surface area contributed by atoms with Crippen LogP contribution in [0.1, 0.15) is 25.5 Å². The van der Waals surface area contributed by atoms with Crippen molar-refractivity contribution in [3.63, 3.8) is 0 Å². The highest BCUT2D eigenvalue weighted by molar-refractivity contribution is 5.70. The van der Waals surface area contributed by atoms with Crippen molar-refractivity contribution in [2.45, 2.75) is 26.8 Å². The highest BCUT2D eigenvalue weighted by Gasteiger charge is 2.26. The molecule has 0 bridgehead atoms. The molecule has 0 fully saturated rings. The molecule has 2 heterocycles. The minimum atomic E-state index is -0.889. The number of carboxylic acid groups (broad SMARTS) is 1. The number of carbonyl (C=O) groups is 1. The molecular weight excluding hydrogens is 236 g/mol. The molecule has 0 spiro atoms. The van der Waals surface area contributed by atoms with Crippen LogP contribution in [0.3, 0.4) is 0 Å². The third-order valence-electron chi connectivity index (χ3n) is 3.06. The van der Waals surface area contributed by atoms with E-state index in [2.05, 4.69) is 15.5 Å². The van der Waals surface area contributed by atoms with E-state index >= 15 is 0 Å². The number of furan rings is 1. The summed E-state index contributed by atoms with van der Waals surface area (Å²) in [5.74, 6) is -0.481. The van der Waals surface area contributed by atoms with Gasteiger partial charge in [0.2, 0.25) is 5.82 Å². The zero-order chi connectivity index (χ0) is 13.3. The predicted molar refractivity (Wildman–Crippen MR) is 61.8 cm³/mol. The van der Waals surface area contributed by atoms with Gasteiger partial charge in [0, 0.05) is 0 Å². The summed E-state index contributed by atoms with van der Waals surface area (Å²) >= 11 is 0. The third kappa shape index (κ3) is 1.99. The first-order chi connectivity index (χ1) is 8.52. The Balaban J connectivity index is 2.40. The van der Waals surface area contributed by atoms with Gasteiger partial charge in [-0.3, -0.25) is 4.79 Å². The smallest absolute Gasteiger partial charge is 0.308 e. The zero-order valence-electron chi connectivity index (χ0n) is 10.4. The molecule has 0 radical (unpaired) electrons. The second-order valence-electron chi connectivity index (χ2n) is 4.25. The van der Waals surface area contributed by atoms with Crippen LogP contribution in [0.2, 0.25) is 0 Å². The van der Waals surface area contributed by atoms with Crippen molar-refractivity contribution in [3.05, 3.63) is 17.9 Å². The molecule has 18 heavy (non-hydrogen) atoms. The van der Waals surface area contributed by atoms with Gasteiger partial charge in [0.1, 0.15) is 0 Å². The SMILES string of the molecule is Cc1ccoc1-c1nnnn1C(C)C(C)C(=O)O. The summed E-state index contributed by atoms with van der Waals surface area (Å²) < 4.78 is 6.81. The van der Waals surface area contributed by atoms with Crippen LogP contribution in [-0.2, 0) is 4.79 Å². The number of hydrogen-bond acceptors (Lipinski definition) is 5. The predicted octanol–water partition coefficient (Wildman–Crippen LogP) is 1.52. The van der Waals surface area contributed by atoms with Crippen LogP contribution >= 0.6 is 0 Å².